The number of piperidine rings is 1. The van der Waals surface area contributed by atoms with Crippen molar-refractivity contribution in [2.24, 2.45) is 5.92 Å². The molecule has 1 saturated heterocycles. The molecular weight excluding hydrogens is 491 g/mol. The third kappa shape index (κ3) is 3.80. The Balaban J connectivity index is 1.53. The van der Waals surface area contributed by atoms with E-state index in [0.29, 0.717) is 37.4 Å². The van der Waals surface area contributed by atoms with Crippen LogP contribution in [0.25, 0.3) is 11.4 Å². The molecule has 2 amide bonds. The van der Waals surface area contributed by atoms with Crippen LogP contribution in [0.3, 0.4) is 0 Å². The number of likely N-dealkylation sites (tertiary alicyclic amines) is 1. The van der Waals surface area contributed by atoms with Gasteiger partial charge in [0, 0.05) is 24.9 Å². The molecule has 2 aromatic heterocycles. The highest BCUT2D eigenvalue weighted by atomic mass is 19.4. The number of benzene rings is 1. The Morgan fingerprint density at radius 3 is 2.61 bits per heavy atom. The molecule has 3 aromatic rings. The van der Waals surface area contributed by atoms with Crippen molar-refractivity contribution in [2.45, 2.75) is 50.9 Å². The molecule has 2 fully saturated rings. The monoisotopic (exact) mass is 510 g/mol. The van der Waals surface area contributed by atoms with E-state index in [0.717, 1.165) is 0 Å². The molecule has 0 spiro atoms. The molecule has 1 aromatic carbocycles. The maximum atomic E-state index is 14.8. The Bertz CT molecular complexity index is 1420. The molecule has 3 atom stereocenters. The first kappa shape index (κ1) is 23.9. The van der Waals surface area contributed by atoms with Gasteiger partial charge in [0.2, 0.25) is 17.6 Å². The highest BCUT2D eigenvalue weighted by Gasteiger charge is 2.62. The number of aromatic nitrogens is 4. The number of amides is 2. The van der Waals surface area contributed by atoms with E-state index in [1.807, 2.05) is 11.9 Å². The van der Waals surface area contributed by atoms with E-state index in [9.17, 15) is 31.5 Å². The van der Waals surface area contributed by atoms with Crippen LogP contribution in [0, 0.1) is 24.5 Å². The Labute approximate surface area is 199 Å². The van der Waals surface area contributed by atoms with E-state index < -0.39 is 57.6 Å². The van der Waals surface area contributed by atoms with Crippen LogP contribution in [0.5, 0.6) is 0 Å². The summed E-state index contributed by atoms with van der Waals surface area (Å²) in [5, 5.41) is 10.2. The maximum Gasteiger partial charge on any atom is 0.417 e. The minimum atomic E-state index is -5.03. The number of carbonyl (C=O) groups is 1. The molecule has 1 aliphatic carbocycles. The summed E-state index contributed by atoms with van der Waals surface area (Å²) in [6, 6.07) is -0.0921. The first-order valence-electron chi connectivity index (χ1n) is 11.0. The molecule has 190 valence electrons. The van der Waals surface area contributed by atoms with Crippen molar-refractivity contribution < 1.29 is 31.2 Å². The first-order chi connectivity index (χ1) is 16.9. The Kier molecular flexibility index (Phi) is 5.37. The van der Waals surface area contributed by atoms with Gasteiger partial charge in [-0.3, -0.25) is 4.79 Å². The number of alkyl halides is 3. The first-order valence-corrected chi connectivity index (χ1v) is 11.0. The minimum absolute atomic E-state index is 0.185. The zero-order valence-corrected chi connectivity index (χ0v) is 18.9. The lowest BCUT2D eigenvalue weighted by molar-refractivity contribution is -0.137. The van der Waals surface area contributed by atoms with Crippen LogP contribution >= 0.6 is 0 Å². The Morgan fingerprint density at radius 1 is 1.22 bits per heavy atom. The number of aromatic amines is 1. The van der Waals surface area contributed by atoms with Crippen LogP contribution in [0.4, 0.5) is 32.4 Å². The molecule has 2 bridgehead atoms. The minimum Gasteiger partial charge on any atom is -0.423 e. The summed E-state index contributed by atoms with van der Waals surface area (Å²) in [5.41, 5.74) is -4.99. The van der Waals surface area contributed by atoms with Gasteiger partial charge in [0.1, 0.15) is 17.2 Å². The number of halogens is 5. The molecular formula is C22H19F5N6O3. The zero-order chi connectivity index (χ0) is 26.0. The number of anilines is 1. The number of rotatable bonds is 3. The standard InChI is InChI=1S/C22H19F5N6O3/c1-9-3-11-7-21(6-9,19-32-31-10(2)36-19)33(11)20(35)29-16-4-12(13(5-14(16)23)22(25,26)27)17-28-8-15(24)18(34)30-17/h4-5,8-9,11H,3,6-7H2,1-2H3,(H,29,35)(H,28,30,34)/t9-,11?,21?/m1/s1. The number of carbonyl (C=O) groups excluding carboxylic acids is 1. The molecule has 2 unspecified atom stereocenters. The topological polar surface area (TPSA) is 117 Å². The van der Waals surface area contributed by atoms with Gasteiger partial charge < -0.3 is 19.6 Å². The summed E-state index contributed by atoms with van der Waals surface area (Å²) in [4.78, 5) is 31.8. The SMILES string of the molecule is Cc1nnc(C23CC(C[C@@H](C)C2)N3C(=O)Nc2cc(-c3ncc(F)c(=O)[nH]3)c(C(F)(F)F)cc2F)o1. The second-order valence-electron chi connectivity index (χ2n) is 9.15. The largest absolute Gasteiger partial charge is 0.423 e. The number of fused-ring (bicyclic) bond motifs is 2. The summed E-state index contributed by atoms with van der Waals surface area (Å²) in [7, 11) is 0. The molecule has 1 saturated carbocycles. The summed E-state index contributed by atoms with van der Waals surface area (Å²) in [6.07, 6.45) is -2.84. The van der Waals surface area contributed by atoms with Crippen LogP contribution in [0.2, 0.25) is 0 Å². The number of hydrogen-bond acceptors (Lipinski definition) is 6. The molecule has 9 nitrogen and oxygen atoms in total. The smallest absolute Gasteiger partial charge is 0.417 e. The van der Waals surface area contributed by atoms with Crippen molar-refractivity contribution >= 4 is 11.7 Å². The second kappa shape index (κ2) is 8.10. The number of hydrogen-bond donors (Lipinski definition) is 2. The van der Waals surface area contributed by atoms with Crippen molar-refractivity contribution in [3.8, 4) is 11.4 Å². The van der Waals surface area contributed by atoms with Gasteiger partial charge in [-0.05, 0) is 30.9 Å². The van der Waals surface area contributed by atoms with Gasteiger partial charge in [0.05, 0.1) is 17.4 Å². The normalized spacial score (nSPS) is 23.4. The van der Waals surface area contributed by atoms with E-state index in [-0.39, 0.29) is 23.9 Å². The third-order valence-corrected chi connectivity index (χ3v) is 6.57. The van der Waals surface area contributed by atoms with Gasteiger partial charge in [-0.15, -0.1) is 10.2 Å². The average molecular weight is 510 g/mol. The van der Waals surface area contributed by atoms with E-state index in [4.69, 9.17) is 4.42 Å². The summed E-state index contributed by atoms with van der Waals surface area (Å²) in [5.74, 6) is -2.53. The van der Waals surface area contributed by atoms with Gasteiger partial charge in [-0.2, -0.15) is 17.6 Å². The predicted molar refractivity (Wildman–Crippen MR) is 114 cm³/mol. The van der Waals surface area contributed by atoms with E-state index in [1.165, 1.54) is 4.90 Å². The summed E-state index contributed by atoms with van der Waals surface area (Å²) >= 11 is 0. The highest BCUT2D eigenvalue weighted by molar-refractivity contribution is 5.92. The van der Waals surface area contributed by atoms with Gasteiger partial charge in [-0.25, -0.2) is 14.2 Å². The van der Waals surface area contributed by atoms with Gasteiger partial charge in [-0.1, -0.05) is 6.92 Å². The van der Waals surface area contributed by atoms with Gasteiger partial charge >= 0.3 is 12.2 Å². The summed E-state index contributed by atoms with van der Waals surface area (Å²) in [6.45, 7) is 3.62. The van der Waals surface area contributed by atoms with Crippen molar-refractivity contribution in [1.82, 2.24) is 25.1 Å². The number of nitrogens with zero attached hydrogens (tertiary/aromatic N) is 4. The lowest BCUT2D eigenvalue weighted by atomic mass is 9.64. The quantitative estimate of drug-likeness (QED) is 0.506. The average Bonchev–Trinajstić information content (AvgIpc) is 3.22. The second-order valence-corrected chi connectivity index (χ2v) is 9.15. The molecule has 5 rings (SSSR count). The fourth-order valence-corrected chi connectivity index (χ4v) is 5.22. The molecule has 3 heterocycles. The van der Waals surface area contributed by atoms with Crippen molar-refractivity contribution in [1.29, 1.82) is 0 Å². The third-order valence-electron chi connectivity index (χ3n) is 6.57. The van der Waals surface area contributed by atoms with E-state index in [2.05, 4.69) is 20.5 Å². The number of H-pyrrole nitrogens is 1. The fourth-order valence-electron chi connectivity index (χ4n) is 5.22. The molecule has 2 N–H and O–H groups in total. The molecule has 2 aliphatic rings. The fraction of sp³-hybridized carbons (Fsp3) is 0.409. The zero-order valence-electron chi connectivity index (χ0n) is 18.9. The highest BCUT2D eigenvalue weighted by Crippen LogP contribution is 2.55. The van der Waals surface area contributed by atoms with Crippen LogP contribution in [0.15, 0.2) is 27.5 Å². The Morgan fingerprint density at radius 2 is 1.97 bits per heavy atom. The number of urea groups is 1. The molecule has 0 radical (unpaired) electrons. The lowest BCUT2D eigenvalue weighted by Crippen LogP contribution is -2.70. The van der Waals surface area contributed by atoms with Crippen LogP contribution in [0.1, 0.15) is 43.5 Å². The van der Waals surface area contributed by atoms with E-state index >= 15 is 0 Å². The maximum absolute atomic E-state index is 14.8. The van der Waals surface area contributed by atoms with Gasteiger partial charge in [0.25, 0.3) is 5.56 Å². The van der Waals surface area contributed by atoms with Crippen LogP contribution < -0.4 is 10.9 Å². The summed E-state index contributed by atoms with van der Waals surface area (Å²) < 4.78 is 74.7. The predicted octanol–water partition coefficient (Wildman–Crippen LogP) is 4.36. The molecule has 1 aliphatic heterocycles. The van der Waals surface area contributed by atoms with E-state index in [1.54, 1.807) is 6.92 Å². The molecule has 36 heavy (non-hydrogen) atoms. The van der Waals surface area contributed by atoms with Crippen LogP contribution in [-0.4, -0.2) is 37.1 Å². The van der Waals surface area contributed by atoms with Crippen molar-refractivity contribution in [3.05, 3.63) is 57.7 Å². The number of aryl methyl sites for hydroxylation is 1. The molecule has 14 heteroatoms. The van der Waals surface area contributed by atoms with Crippen molar-refractivity contribution in [2.75, 3.05) is 5.32 Å². The van der Waals surface area contributed by atoms with Crippen molar-refractivity contribution in [3.63, 3.8) is 0 Å². The van der Waals surface area contributed by atoms with Crippen LogP contribution in [-0.2, 0) is 11.7 Å². The lowest BCUT2D eigenvalue weighted by Gasteiger charge is -2.61. The number of nitrogens with one attached hydrogen (secondary N) is 2. The van der Waals surface area contributed by atoms with Gasteiger partial charge in [0.15, 0.2) is 0 Å². The Hall–Kier alpha value is -3.84.